The molecule has 0 N–H and O–H groups in total. The first-order valence-corrected chi connectivity index (χ1v) is 18.3. The Morgan fingerprint density at radius 3 is 1.55 bits per heavy atom. The van der Waals surface area contributed by atoms with Crippen LogP contribution in [-0.4, -0.2) is 13.7 Å². The van der Waals surface area contributed by atoms with Gasteiger partial charge < -0.3 is 13.7 Å². The van der Waals surface area contributed by atoms with Crippen molar-refractivity contribution in [1.82, 2.24) is 13.7 Å². The van der Waals surface area contributed by atoms with Gasteiger partial charge in [0, 0.05) is 43.7 Å². The van der Waals surface area contributed by atoms with Crippen LogP contribution in [0.25, 0.3) is 98.5 Å². The molecule has 3 aromatic heterocycles. The Morgan fingerprint density at radius 2 is 0.909 bits per heavy atom. The van der Waals surface area contributed by atoms with Gasteiger partial charge in [-0.15, -0.1) is 0 Å². The molecule has 0 aliphatic rings. The maximum atomic E-state index is 10.2. The second-order valence-electron chi connectivity index (χ2n) is 14.0. The third kappa shape index (κ3) is 4.45. The minimum Gasteiger partial charge on any atom is -0.309 e. The zero-order valence-electron chi connectivity index (χ0n) is 29.5. The van der Waals surface area contributed by atoms with E-state index < -0.39 is 0 Å². The Bertz CT molecular complexity index is 3420. The summed E-state index contributed by atoms with van der Waals surface area (Å²) in [4.78, 5) is 3.74. The summed E-state index contributed by atoms with van der Waals surface area (Å²) in [6, 6.07) is 63.8. The summed E-state index contributed by atoms with van der Waals surface area (Å²) < 4.78 is 7.03. The van der Waals surface area contributed by atoms with Crippen LogP contribution in [0.4, 0.5) is 5.69 Å². The van der Waals surface area contributed by atoms with Crippen LogP contribution in [0.1, 0.15) is 5.56 Å². The standard InChI is InChI=1S/C50H29N5/c1-52-33-23-27-49-42(29-33)39-16-6-10-20-46(39)54(49)48-26-22-32(31-51)28-41(48)38-15-5-11-21-47(38)55-45-19-9-4-14-37(45)40-25-24-34(30-50(40)55)53-43-17-7-2-12-35(43)36-13-3-8-18-44(36)53/h2-30H. The van der Waals surface area contributed by atoms with Gasteiger partial charge in [0.15, 0.2) is 5.69 Å². The molecule has 8 aromatic carbocycles. The molecule has 11 aromatic rings. The number of rotatable bonds is 4. The van der Waals surface area contributed by atoms with Crippen molar-refractivity contribution < 1.29 is 0 Å². The number of hydrogen-bond donors (Lipinski definition) is 0. The van der Waals surface area contributed by atoms with Gasteiger partial charge in [0.1, 0.15) is 0 Å². The molecule has 254 valence electrons. The van der Waals surface area contributed by atoms with E-state index in [4.69, 9.17) is 6.57 Å². The quantitative estimate of drug-likeness (QED) is 0.169. The van der Waals surface area contributed by atoms with Gasteiger partial charge in [-0.1, -0.05) is 103 Å². The van der Waals surface area contributed by atoms with Crippen molar-refractivity contribution in [3.8, 4) is 34.3 Å². The predicted molar refractivity (Wildman–Crippen MR) is 226 cm³/mol. The van der Waals surface area contributed by atoms with Crippen LogP contribution in [0, 0.1) is 17.9 Å². The van der Waals surface area contributed by atoms with E-state index in [9.17, 15) is 5.26 Å². The average Bonchev–Trinajstić information content (AvgIpc) is 3.88. The lowest BCUT2D eigenvalue weighted by Crippen LogP contribution is -2.02. The normalized spacial score (nSPS) is 11.6. The molecule has 0 fully saturated rings. The molecule has 5 heteroatoms. The molecule has 0 aliphatic carbocycles. The number of para-hydroxylation sites is 5. The largest absolute Gasteiger partial charge is 0.309 e. The molecular weight excluding hydrogens is 671 g/mol. The lowest BCUT2D eigenvalue weighted by molar-refractivity contribution is 1.15. The van der Waals surface area contributed by atoms with Crippen LogP contribution in [0.2, 0.25) is 0 Å². The topological polar surface area (TPSA) is 42.9 Å². The predicted octanol–water partition coefficient (Wildman–Crippen LogP) is 13.1. The number of benzene rings is 8. The maximum Gasteiger partial charge on any atom is 0.188 e. The second kappa shape index (κ2) is 11.8. The first-order chi connectivity index (χ1) is 27.2. The van der Waals surface area contributed by atoms with Gasteiger partial charge in [0.05, 0.1) is 62.7 Å². The lowest BCUT2D eigenvalue weighted by Gasteiger charge is -2.19. The third-order valence-electron chi connectivity index (χ3n) is 11.1. The molecule has 0 atom stereocenters. The van der Waals surface area contributed by atoms with E-state index in [1.807, 2.05) is 36.4 Å². The Hall–Kier alpha value is -7.86. The molecule has 3 heterocycles. The number of aromatic nitrogens is 3. The van der Waals surface area contributed by atoms with Crippen LogP contribution in [0.15, 0.2) is 176 Å². The molecule has 0 saturated carbocycles. The highest BCUT2D eigenvalue weighted by Crippen LogP contribution is 2.42. The van der Waals surface area contributed by atoms with Crippen LogP contribution in [0.5, 0.6) is 0 Å². The van der Waals surface area contributed by atoms with Gasteiger partial charge in [-0.2, -0.15) is 5.26 Å². The Morgan fingerprint density at radius 1 is 0.400 bits per heavy atom. The van der Waals surface area contributed by atoms with Crippen LogP contribution in [0.3, 0.4) is 0 Å². The van der Waals surface area contributed by atoms with Crippen molar-refractivity contribution >= 4 is 71.1 Å². The Balaban J connectivity index is 1.21. The van der Waals surface area contributed by atoms with Gasteiger partial charge in [0.2, 0.25) is 0 Å². The van der Waals surface area contributed by atoms with E-state index in [1.54, 1.807) is 0 Å². The first kappa shape index (κ1) is 30.7. The summed E-state index contributed by atoms with van der Waals surface area (Å²) in [5.41, 5.74) is 12.8. The van der Waals surface area contributed by atoms with Crippen molar-refractivity contribution in [3.05, 3.63) is 193 Å². The highest BCUT2D eigenvalue weighted by Gasteiger charge is 2.22. The van der Waals surface area contributed by atoms with E-state index >= 15 is 0 Å². The van der Waals surface area contributed by atoms with Crippen LogP contribution in [-0.2, 0) is 0 Å². The maximum absolute atomic E-state index is 10.2. The summed E-state index contributed by atoms with van der Waals surface area (Å²) >= 11 is 0. The van der Waals surface area contributed by atoms with Crippen molar-refractivity contribution in [2.45, 2.75) is 0 Å². The molecule has 5 nitrogen and oxygen atoms in total. The fourth-order valence-electron chi connectivity index (χ4n) is 8.76. The molecular formula is C50H29N5. The molecule has 55 heavy (non-hydrogen) atoms. The van der Waals surface area contributed by atoms with E-state index in [1.165, 1.54) is 32.6 Å². The third-order valence-corrected chi connectivity index (χ3v) is 11.1. The summed E-state index contributed by atoms with van der Waals surface area (Å²) in [6.45, 7) is 7.70. The lowest BCUT2D eigenvalue weighted by atomic mass is 9.98. The Kier molecular flexibility index (Phi) is 6.61. The molecule has 0 radical (unpaired) electrons. The van der Waals surface area contributed by atoms with Gasteiger partial charge >= 0.3 is 0 Å². The summed E-state index contributed by atoms with van der Waals surface area (Å²) in [7, 11) is 0. The van der Waals surface area contributed by atoms with Crippen LogP contribution >= 0.6 is 0 Å². The van der Waals surface area contributed by atoms with Gasteiger partial charge in [0.25, 0.3) is 0 Å². The van der Waals surface area contributed by atoms with E-state index in [-0.39, 0.29) is 0 Å². The number of nitrogens with zero attached hydrogens (tertiary/aromatic N) is 5. The number of hydrogen-bond acceptors (Lipinski definition) is 1. The minimum absolute atomic E-state index is 0.584. The van der Waals surface area contributed by atoms with E-state index in [0.29, 0.717) is 11.3 Å². The Labute approximate surface area is 316 Å². The van der Waals surface area contributed by atoms with Crippen molar-refractivity contribution in [3.63, 3.8) is 0 Å². The smallest absolute Gasteiger partial charge is 0.188 e. The van der Waals surface area contributed by atoms with Gasteiger partial charge in [-0.25, -0.2) is 4.85 Å². The zero-order chi connectivity index (χ0) is 36.6. The minimum atomic E-state index is 0.584. The summed E-state index contributed by atoms with van der Waals surface area (Å²) in [6.07, 6.45) is 0. The van der Waals surface area contributed by atoms with E-state index in [2.05, 4.69) is 164 Å². The van der Waals surface area contributed by atoms with Crippen molar-refractivity contribution in [2.75, 3.05) is 0 Å². The van der Waals surface area contributed by atoms with Gasteiger partial charge in [-0.05, 0) is 78.2 Å². The fraction of sp³-hybridized carbons (Fsp3) is 0. The molecule has 0 unspecified atom stereocenters. The molecule has 0 bridgehead atoms. The average molecular weight is 700 g/mol. The highest BCUT2D eigenvalue weighted by molar-refractivity contribution is 6.13. The van der Waals surface area contributed by atoms with E-state index in [0.717, 1.165) is 61.0 Å². The fourth-order valence-corrected chi connectivity index (χ4v) is 8.76. The van der Waals surface area contributed by atoms with Crippen molar-refractivity contribution in [2.24, 2.45) is 0 Å². The summed E-state index contributed by atoms with van der Waals surface area (Å²) in [5.74, 6) is 0. The van der Waals surface area contributed by atoms with Gasteiger partial charge in [-0.3, -0.25) is 0 Å². The van der Waals surface area contributed by atoms with Crippen LogP contribution < -0.4 is 0 Å². The molecule has 0 amide bonds. The number of fused-ring (bicyclic) bond motifs is 9. The molecule has 0 saturated heterocycles. The van der Waals surface area contributed by atoms with Crippen molar-refractivity contribution in [1.29, 1.82) is 5.26 Å². The first-order valence-electron chi connectivity index (χ1n) is 18.3. The second-order valence-corrected chi connectivity index (χ2v) is 14.0. The summed E-state index contributed by atoms with van der Waals surface area (Å²) in [5, 5.41) is 17.1. The highest BCUT2D eigenvalue weighted by atomic mass is 15.0. The molecule has 0 spiro atoms. The monoisotopic (exact) mass is 699 g/mol. The molecule has 11 rings (SSSR count). The molecule has 0 aliphatic heterocycles. The SMILES string of the molecule is [C-]#[N+]c1ccc2c(c1)c1ccccc1n2-c1ccc(C#N)cc1-c1ccccc1-n1c2ccccc2c2ccc(-n3c4ccccc4c4ccccc43)cc21. The zero-order valence-corrected chi connectivity index (χ0v) is 29.5. The number of nitriles is 1.